The molecule has 11 heteroatoms. The number of benzene rings is 1. The molecule has 1 unspecified atom stereocenters. The van der Waals surface area contributed by atoms with Crippen molar-refractivity contribution in [1.82, 2.24) is 24.3 Å². The minimum absolute atomic E-state index is 0.106. The van der Waals surface area contributed by atoms with Crippen LogP contribution in [0.3, 0.4) is 0 Å². The molecular weight excluding hydrogens is 488 g/mol. The van der Waals surface area contributed by atoms with Gasteiger partial charge in [-0.05, 0) is 69.7 Å². The smallest absolute Gasteiger partial charge is 0.331 e. The molecule has 0 spiro atoms. The molecule has 2 aromatic heterocycles. The molecule has 3 aromatic rings. The summed E-state index contributed by atoms with van der Waals surface area (Å²) in [6.45, 7) is 5.06. The molecule has 3 heterocycles. The fourth-order valence-corrected chi connectivity index (χ4v) is 4.97. The number of fused-ring (bicyclic) bond motifs is 1. The maximum Gasteiger partial charge on any atom is 0.331 e. The standard InChI is InChI=1S/C27H32N6O5/c1-16(2)33-22-11-10-18(13-20(22)25(36)32(27(33)38)14-17-8-9-17)29-26(37)31-12-4-5-19(15-31)28-24(35)21-6-3-7-23(34)30-21/h3,6-7,10-11,13,16-17,19H,4-5,8-9,12,14-15H2,1-2H3,(H,28,35)(H,29,37)(H,30,34). The second-order valence-corrected chi connectivity index (χ2v) is 10.4. The first-order chi connectivity index (χ1) is 18.2. The fourth-order valence-electron chi connectivity index (χ4n) is 4.97. The van der Waals surface area contributed by atoms with Crippen molar-refractivity contribution in [3.63, 3.8) is 0 Å². The Morgan fingerprint density at radius 3 is 2.63 bits per heavy atom. The fraction of sp³-hybridized carbons (Fsp3) is 0.444. The van der Waals surface area contributed by atoms with E-state index in [0.717, 1.165) is 12.8 Å². The van der Waals surface area contributed by atoms with Gasteiger partial charge in [-0.25, -0.2) is 14.6 Å². The maximum absolute atomic E-state index is 13.3. The molecule has 1 aliphatic carbocycles. The van der Waals surface area contributed by atoms with Gasteiger partial charge in [-0.3, -0.25) is 18.7 Å². The van der Waals surface area contributed by atoms with Gasteiger partial charge in [-0.1, -0.05) is 6.07 Å². The van der Waals surface area contributed by atoms with Crippen LogP contribution in [-0.4, -0.2) is 55.2 Å². The molecule has 0 radical (unpaired) electrons. The molecule has 1 aromatic carbocycles. The molecule has 0 bridgehead atoms. The lowest BCUT2D eigenvalue weighted by Crippen LogP contribution is -2.50. The number of piperidine rings is 1. The predicted octanol–water partition coefficient (Wildman–Crippen LogP) is 2.68. The Kier molecular flexibility index (Phi) is 6.92. The third-order valence-corrected chi connectivity index (χ3v) is 7.08. The molecule has 1 aliphatic heterocycles. The van der Waals surface area contributed by atoms with Crippen molar-refractivity contribution in [2.75, 3.05) is 18.4 Å². The quantitative estimate of drug-likeness (QED) is 0.457. The van der Waals surface area contributed by atoms with Crippen molar-refractivity contribution in [2.45, 2.75) is 58.2 Å². The van der Waals surface area contributed by atoms with E-state index in [1.54, 1.807) is 33.7 Å². The molecule has 200 valence electrons. The number of amides is 3. The highest BCUT2D eigenvalue weighted by molar-refractivity contribution is 5.94. The summed E-state index contributed by atoms with van der Waals surface area (Å²) in [7, 11) is 0. The minimum Gasteiger partial charge on any atom is -0.493 e. The van der Waals surface area contributed by atoms with E-state index in [-0.39, 0.29) is 40.9 Å². The summed E-state index contributed by atoms with van der Waals surface area (Å²) in [5.74, 6) is -0.291. The van der Waals surface area contributed by atoms with E-state index in [0.29, 0.717) is 55.0 Å². The summed E-state index contributed by atoms with van der Waals surface area (Å²) < 4.78 is 2.95. The second kappa shape index (κ2) is 10.3. The van der Waals surface area contributed by atoms with Crippen LogP contribution in [0.4, 0.5) is 10.5 Å². The molecule has 11 nitrogen and oxygen atoms in total. The van der Waals surface area contributed by atoms with Crippen LogP contribution in [0, 0.1) is 5.92 Å². The highest BCUT2D eigenvalue weighted by Gasteiger charge is 2.27. The number of carbonyl (C=O) groups excluding carboxylic acids is 2. The number of aromatic hydroxyl groups is 1. The van der Waals surface area contributed by atoms with Crippen LogP contribution in [-0.2, 0) is 6.54 Å². The molecular formula is C27H32N6O5. The Balaban J connectivity index is 1.33. The molecule has 1 saturated heterocycles. The van der Waals surface area contributed by atoms with E-state index in [1.165, 1.54) is 16.7 Å². The highest BCUT2D eigenvalue weighted by atomic mass is 16.3. The first kappa shape index (κ1) is 25.5. The lowest BCUT2D eigenvalue weighted by Gasteiger charge is -2.33. The molecule has 1 atom stereocenters. The average Bonchev–Trinajstić information content (AvgIpc) is 3.71. The number of hydrogen-bond donors (Lipinski definition) is 3. The van der Waals surface area contributed by atoms with Crippen LogP contribution in [0.5, 0.6) is 5.88 Å². The zero-order valence-corrected chi connectivity index (χ0v) is 21.5. The first-order valence-corrected chi connectivity index (χ1v) is 13.0. The number of carbonyl (C=O) groups is 2. The normalized spacial score (nSPS) is 17.6. The highest BCUT2D eigenvalue weighted by Crippen LogP contribution is 2.30. The van der Waals surface area contributed by atoms with E-state index in [4.69, 9.17) is 0 Å². The van der Waals surface area contributed by atoms with Gasteiger partial charge in [0.1, 0.15) is 5.69 Å². The molecule has 1 saturated carbocycles. The van der Waals surface area contributed by atoms with Gasteiger partial charge in [0.05, 0.1) is 10.9 Å². The zero-order chi connectivity index (χ0) is 27.0. The number of nitrogens with one attached hydrogen (secondary N) is 2. The lowest BCUT2D eigenvalue weighted by molar-refractivity contribution is 0.0907. The first-order valence-electron chi connectivity index (χ1n) is 13.0. The van der Waals surface area contributed by atoms with E-state index < -0.39 is 5.91 Å². The van der Waals surface area contributed by atoms with Crippen molar-refractivity contribution < 1.29 is 14.7 Å². The zero-order valence-electron chi connectivity index (χ0n) is 21.5. The average molecular weight is 521 g/mol. The minimum atomic E-state index is -0.415. The molecule has 2 aliphatic rings. The summed E-state index contributed by atoms with van der Waals surface area (Å²) in [6, 6.07) is 8.74. The van der Waals surface area contributed by atoms with Gasteiger partial charge in [0, 0.05) is 43.5 Å². The van der Waals surface area contributed by atoms with Crippen LogP contribution in [0.2, 0.25) is 0 Å². The number of rotatable bonds is 6. The van der Waals surface area contributed by atoms with E-state index in [9.17, 15) is 24.3 Å². The van der Waals surface area contributed by atoms with Gasteiger partial charge in [0.25, 0.3) is 11.5 Å². The van der Waals surface area contributed by atoms with Gasteiger partial charge in [0.15, 0.2) is 0 Å². The van der Waals surface area contributed by atoms with E-state index >= 15 is 0 Å². The SMILES string of the molecule is CC(C)n1c(=O)n(CC2CC2)c(=O)c2cc(NC(=O)N3CCCC(NC(=O)c4cccc(O)n4)C3)ccc21. The number of aromatic nitrogens is 3. The molecule has 38 heavy (non-hydrogen) atoms. The largest absolute Gasteiger partial charge is 0.493 e. The van der Waals surface area contributed by atoms with E-state index in [2.05, 4.69) is 15.6 Å². The van der Waals surface area contributed by atoms with Crippen molar-refractivity contribution in [3.8, 4) is 5.88 Å². The number of likely N-dealkylation sites (tertiary alicyclic amines) is 1. The topological polar surface area (TPSA) is 139 Å². The Hall–Kier alpha value is -4.15. The summed E-state index contributed by atoms with van der Waals surface area (Å²) >= 11 is 0. The van der Waals surface area contributed by atoms with Crippen LogP contribution in [0.1, 0.15) is 56.1 Å². The lowest BCUT2D eigenvalue weighted by atomic mass is 10.1. The third-order valence-electron chi connectivity index (χ3n) is 7.08. The van der Waals surface area contributed by atoms with E-state index in [1.807, 2.05) is 13.8 Å². The van der Waals surface area contributed by atoms with Crippen molar-refractivity contribution in [1.29, 1.82) is 0 Å². The monoisotopic (exact) mass is 520 g/mol. The van der Waals surface area contributed by atoms with Crippen molar-refractivity contribution in [3.05, 3.63) is 62.9 Å². The van der Waals surface area contributed by atoms with Crippen LogP contribution >= 0.6 is 0 Å². The summed E-state index contributed by atoms with van der Waals surface area (Å²) in [4.78, 5) is 57.5. The van der Waals surface area contributed by atoms with Gasteiger partial charge >= 0.3 is 11.7 Å². The van der Waals surface area contributed by atoms with Gasteiger partial charge in [-0.15, -0.1) is 0 Å². The van der Waals surface area contributed by atoms with Crippen LogP contribution < -0.4 is 21.9 Å². The number of anilines is 1. The van der Waals surface area contributed by atoms with Gasteiger partial charge in [0.2, 0.25) is 5.88 Å². The Morgan fingerprint density at radius 2 is 1.92 bits per heavy atom. The molecule has 3 amide bonds. The number of urea groups is 1. The molecule has 5 rings (SSSR count). The second-order valence-electron chi connectivity index (χ2n) is 10.4. The van der Waals surface area contributed by atoms with Gasteiger partial charge in [-0.2, -0.15) is 0 Å². The Bertz CT molecular complexity index is 1510. The van der Waals surface area contributed by atoms with Crippen molar-refractivity contribution in [2.24, 2.45) is 5.92 Å². The Morgan fingerprint density at radius 1 is 1.13 bits per heavy atom. The summed E-state index contributed by atoms with van der Waals surface area (Å²) in [6.07, 6.45) is 3.44. The predicted molar refractivity (Wildman–Crippen MR) is 143 cm³/mol. The molecule has 3 N–H and O–H groups in total. The summed E-state index contributed by atoms with van der Waals surface area (Å²) in [5, 5.41) is 15.7. The van der Waals surface area contributed by atoms with Crippen LogP contribution in [0.25, 0.3) is 10.9 Å². The third kappa shape index (κ3) is 5.27. The Labute approximate surface area is 219 Å². The summed E-state index contributed by atoms with van der Waals surface area (Å²) in [5.41, 5.74) is 0.465. The number of hydrogen-bond acceptors (Lipinski definition) is 6. The maximum atomic E-state index is 13.3. The number of pyridine rings is 1. The van der Waals surface area contributed by atoms with Gasteiger partial charge < -0.3 is 20.6 Å². The molecule has 2 fully saturated rings. The van der Waals surface area contributed by atoms with Crippen LogP contribution in [0.15, 0.2) is 46.0 Å². The van der Waals surface area contributed by atoms with Crippen molar-refractivity contribution >= 4 is 28.5 Å². The number of nitrogens with zero attached hydrogens (tertiary/aromatic N) is 4.